The van der Waals surface area contributed by atoms with E-state index in [9.17, 15) is 14.4 Å². The van der Waals surface area contributed by atoms with Gasteiger partial charge in [0.15, 0.2) is 0 Å². The highest BCUT2D eigenvalue weighted by molar-refractivity contribution is 5.89. The van der Waals surface area contributed by atoms with Gasteiger partial charge in [-0.1, -0.05) is 48.5 Å². The quantitative estimate of drug-likeness (QED) is 0.568. The third kappa shape index (κ3) is 5.21. The molecule has 31 heavy (non-hydrogen) atoms. The molecule has 0 aliphatic heterocycles. The van der Waals surface area contributed by atoms with Gasteiger partial charge in [-0.3, -0.25) is 9.59 Å². The van der Waals surface area contributed by atoms with Gasteiger partial charge in [0, 0.05) is 26.1 Å². The Hall–Kier alpha value is -3.39. The Morgan fingerprint density at radius 2 is 1.58 bits per heavy atom. The monoisotopic (exact) mass is 426 g/mol. The molecule has 0 heterocycles. The average molecular weight is 426 g/mol. The second kappa shape index (κ2) is 10.1. The van der Waals surface area contributed by atoms with Gasteiger partial charge in [0.25, 0.3) is 0 Å². The number of rotatable bonds is 9. The zero-order valence-electron chi connectivity index (χ0n) is 17.5. The lowest BCUT2D eigenvalue weighted by molar-refractivity contribution is -0.141. The second-order valence-electron chi connectivity index (χ2n) is 7.37. The number of benzene rings is 2. The van der Waals surface area contributed by atoms with Crippen molar-refractivity contribution in [3.8, 4) is 11.1 Å². The molecule has 2 amide bonds. The summed E-state index contributed by atoms with van der Waals surface area (Å²) in [6.07, 6.45) is -0.570. The molecule has 0 bridgehead atoms. The molecule has 0 spiro atoms. The van der Waals surface area contributed by atoms with Crippen molar-refractivity contribution in [2.24, 2.45) is 0 Å². The van der Waals surface area contributed by atoms with E-state index in [0.29, 0.717) is 0 Å². The Kier molecular flexibility index (Phi) is 7.25. The molecule has 1 aliphatic rings. The van der Waals surface area contributed by atoms with Crippen LogP contribution in [0.4, 0.5) is 4.79 Å². The summed E-state index contributed by atoms with van der Waals surface area (Å²) in [6.45, 7) is 1.67. The first-order valence-electron chi connectivity index (χ1n) is 10.1. The summed E-state index contributed by atoms with van der Waals surface area (Å²) in [6, 6.07) is 13.9. The zero-order valence-corrected chi connectivity index (χ0v) is 17.5. The van der Waals surface area contributed by atoms with Crippen LogP contribution in [0.1, 0.15) is 30.4 Å². The molecule has 8 nitrogen and oxygen atoms in total. The molecule has 164 valence electrons. The number of hydrogen-bond acceptors (Lipinski definition) is 5. The zero-order chi connectivity index (χ0) is 22.4. The van der Waals surface area contributed by atoms with E-state index in [1.807, 2.05) is 48.5 Å². The molecule has 0 radical (unpaired) electrons. The molecule has 8 heteroatoms. The Labute approximate surface area is 180 Å². The van der Waals surface area contributed by atoms with E-state index in [2.05, 4.69) is 10.6 Å². The number of amides is 2. The number of alkyl carbamates (subject to hydrolysis) is 1. The topological polar surface area (TPSA) is 114 Å². The summed E-state index contributed by atoms with van der Waals surface area (Å²) in [7, 11) is 1.47. The lowest BCUT2D eigenvalue weighted by Crippen LogP contribution is -2.51. The summed E-state index contributed by atoms with van der Waals surface area (Å²) in [4.78, 5) is 35.8. The van der Waals surface area contributed by atoms with E-state index < -0.39 is 30.1 Å². The third-order valence-corrected chi connectivity index (χ3v) is 5.29. The second-order valence-corrected chi connectivity index (χ2v) is 7.37. The van der Waals surface area contributed by atoms with Gasteiger partial charge in [-0.2, -0.15) is 0 Å². The highest BCUT2D eigenvalue weighted by Crippen LogP contribution is 2.44. The van der Waals surface area contributed by atoms with E-state index in [0.717, 1.165) is 22.3 Å². The van der Waals surface area contributed by atoms with Crippen molar-refractivity contribution in [1.29, 1.82) is 0 Å². The number of fused-ring (bicyclic) bond motifs is 3. The fraction of sp³-hybridized carbons (Fsp3) is 0.348. The van der Waals surface area contributed by atoms with Gasteiger partial charge in [-0.15, -0.1) is 0 Å². The number of aliphatic carboxylic acids is 1. The summed E-state index contributed by atoms with van der Waals surface area (Å²) in [5.41, 5.74) is 4.40. The van der Waals surface area contributed by atoms with Crippen LogP contribution in [0.15, 0.2) is 48.5 Å². The van der Waals surface area contributed by atoms with Crippen LogP contribution >= 0.6 is 0 Å². The molecule has 0 fully saturated rings. The van der Waals surface area contributed by atoms with Crippen molar-refractivity contribution < 1.29 is 29.0 Å². The molecule has 1 aliphatic carbocycles. The van der Waals surface area contributed by atoms with Crippen molar-refractivity contribution in [1.82, 2.24) is 10.6 Å². The number of methoxy groups -OCH3 is 1. The molecule has 2 aromatic carbocycles. The minimum atomic E-state index is -1.17. The molecule has 1 unspecified atom stereocenters. The number of carboxylic acid groups (broad SMARTS) is 1. The number of nitrogens with one attached hydrogen (secondary N) is 2. The maximum absolute atomic E-state index is 12.5. The molecule has 2 aromatic rings. The standard InChI is InChI=1S/C23H26N2O6/c1-14(22(27)28)24-21(26)20(11-12-30-2)25-23(29)31-13-19-17-9-5-3-7-15(17)16-8-4-6-10-18(16)19/h3-10,14,19-20H,11-13H2,1-2H3,(H,24,26)(H,25,29)(H,27,28)/t14-,20?/m1/s1. The van der Waals surface area contributed by atoms with Crippen LogP contribution in [0.3, 0.4) is 0 Å². The molecule has 0 saturated carbocycles. The summed E-state index contributed by atoms with van der Waals surface area (Å²) in [5, 5.41) is 13.9. The molecule has 3 rings (SSSR count). The fourth-order valence-electron chi connectivity index (χ4n) is 3.66. The first kappa shape index (κ1) is 22.3. The van der Waals surface area contributed by atoms with Crippen molar-refractivity contribution in [3.63, 3.8) is 0 Å². The first-order chi connectivity index (χ1) is 14.9. The first-order valence-corrected chi connectivity index (χ1v) is 10.1. The van der Waals surface area contributed by atoms with Gasteiger partial charge >= 0.3 is 12.1 Å². The Balaban J connectivity index is 1.65. The Bertz CT molecular complexity index is 915. The Morgan fingerprint density at radius 3 is 2.13 bits per heavy atom. The van der Waals surface area contributed by atoms with Crippen LogP contribution in [-0.4, -0.2) is 55.5 Å². The lowest BCUT2D eigenvalue weighted by Gasteiger charge is -2.20. The molecular weight excluding hydrogens is 400 g/mol. The van der Waals surface area contributed by atoms with Gasteiger partial charge in [-0.05, 0) is 29.2 Å². The van der Waals surface area contributed by atoms with E-state index in [-0.39, 0.29) is 25.6 Å². The van der Waals surface area contributed by atoms with Crippen molar-refractivity contribution in [2.75, 3.05) is 20.3 Å². The van der Waals surface area contributed by atoms with E-state index in [1.54, 1.807) is 0 Å². The fourth-order valence-corrected chi connectivity index (χ4v) is 3.66. The minimum Gasteiger partial charge on any atom is -0.480 e. The third-order valence-electron chi connectivity index (χ3n) is 5.29. The normalized spacial score (nSPS) is 14.1. The van der Waals surface area contributed by atoms with Crippen LogP contribution in [0.5, 0.6) is 0 Å². The van der Waals surface area contributed by atoms with Gasteiger partial charge < -0.3 is 25.2 Å². The van der Waals surface area contributed by atoms with Gasteiger partial charge in [0.1, 0.15) is 18.7 Å². The van der Waals surface area contributed by atoms with Crippen LogP contribution < -0.4 is 10.6 Å². The summed E-state index contributed by atoms with van der Waals surface area (Å²) >= 11 is 0. The maximum atomic E-state index is 12.5. The van der Waals surface area contributed by atoms with E-state index in [4.69, 9.17) is 14.6 Å². The molecule has 2 atom stereocenters. The highest BCUT2D eigenvalue weighted by Gasteiger charge is 2.30. The SMILES string of the molecule is COCCC(NC(=O)OCC1c2ccccc2-c2ccccc21)C(=O)N[C@H](C)C(=O)O. The molecule has 0 aromatic heterocycles. The number of carboxylic acids is 1. The van der Waals surface area contributed by atoms with E-state index in [1.165, 1.54) is 14.0 Å². The van der Waals surface area contributed by atoms with Crippen LogP contribution in [-0.2, 0) is 19.1 Å². The molecule has 0 saturated heterocycles. The number of carbonyl (C=O) groups excluding carboxylic acids is 2. The minimum absolute atomic E-state index is 0.101. The average Bonchev–Trinajstić information content (AvgIpc) is 3.08. The van der Waals surface area contributed by atoms with Crippen LogP contribution in [0.2, 0.25) is 0 Å². The molecular formula is C23H26N2O6. The predicted octanol–water partition coefficient (Wildman–Crippen LogP) is 2.52. The number of hydrogen-bond donors (Lipinski definition) is 3. The lowest BCUT2D eigenvalue weighted by atomic mass is 9.98. The maximum Gasteiger partial charge on any atom is 0.407 e. The smallest absolute Gasteiger partial charge is 0.407 e. The van der Waals surface area contributed by atoms with Crippen molar-refractivity contribution in [2.45, 2.75) is 31.3 Å². The van der Waals surface area contributed by atoms with Crippen molar-refractivity contribution in [3.05, 3.63) is 59.7 Å². The van der Waals surface area contributed by atoms with E-state index >= 15 is 0 Å². The van der Waals surface area contributed by atoms with Crippen molar-refractivity contribution >= 4 is 18.0 Å². The summed E-state index contributed by atoms with van der Waals surface area (Å²) < 4.78 is 10.5. The largest absolute Gasteiger partial charge is 0.480 e. The molecule has 3 N–H and O–H groups in total. The Morgan fingerprint density at radius 1 is 1.00 bits per heavy atom. The number of carbonyl (C=O) groups is 3. The van der Waals surface area contributed by atoms with Gasteiger partial charge in [-0.25, -0.2) is 4.79 Å². The van der Waals surface area contributed by atoms with Crippen LogP contribution in [0.25, 0.3) is 11.1 Å². The van der Waals surface area contributed by atoms with Crippen LogP contribution in [0, 0.1) is 0 Å². The summed E-state index contributed by atoms with van der Waals surface area (Å²) in [5.74, 6) is -1.88. The highest BCUT2D eigenvalue weighted by atomic mass is 16.5. The van der Waals surface area contributed by atoms with Gasteiger partial charge in [0.2, 0.25) is 5.91 Å². The van der Waals surface area contributed by atoms with Gasteiger partial charge in [0.05, 0.1) is 0 Å². The predicted molar refractivity (Wildman–Crippen MR) is 114 cm³/mol. The number of ether oxygens (including phenoxy) is 2.